The maximum atomic E-state index is 14.9. The fourth-order valence-corrected chi connectivity index (χ4v) is 4.38. The fraction of sp³-hybridized carbons (Fsp3) is 0.720. The molecule has 1 aliphatic carbocycles. The number of carbonyl (C=O) groups is 1. The van der Waals surface area contributed by atoms with Crippen molar-refractivity contribution in [3.63, 3.8) is 0 Å². The topological polar surface area (TPSA) is 29.5 Å². The lowest BCUT2D eigenvalue weighted by atomic mass is 9.78. The summed E-state index contributed by atoms with van der Waals surface area (Å²) in [5.41, 5.74) is 1.31. The van der Waals surface area contributed by atoms with Gasteiger partial charge in [0.15, 0.2) is 0 Å². The van der Waals surface area contributed by atoms with Crippen LogP contribution in [0.15, 0.2) is 12.1 Å². The van der Waals surface area contributed by atoms with Crippen molar-refractivity contribution in [1.29, 1.82) is 0 Å². The van der Waals surface area contributed by atoms with Crippen molar-refractivity contribution in [3.05, 3.63) is 29.1 Å². The maximum absolute atomic E-state index is 14.9. The molecule has 3 nitrogen and oxygen atoms in total. The molecule has 4 heteroatoms. The number of nitrogens with zero attached hydrogens (tertiary/aromatic N) is 1. The average Bonchev–Trinajstić information content (AvgIpc) is 3.54. The van der Waals surface area contributed by atoms with E-state index in [-0.39, 0.29) is 22.9 Å². The second kappa shape index (κ2) is 9.06. The fourth-order valence-electron chi connectivity index (χ4n) is 4.38. The summed E-state index contributed by atoms with van der Waals surface area (Å²) in [6.07, 6.45) is 7.70. The van der Waals surface area contributed by atoms with Crippen LogP contribution in [-0.4, -0.2) is 30.0 Å². The van der Waals surface area contributed by atoms with Gasteiger partial charge >= 0.3 is 0 Å². The van der Waals surface area contributed by atoms with Crippen LogP contribution in [0.1, 0.15) is 101 Å². The van der Waals surface area contributed by atoms with Crippen molar-refractivity contribution >= 4 is 5.91 Å². The van der Waals surface area contributed by atoms with Gasteiger partial charge in [0.2, 0.25) is 0 Å². The Kier molecular flexibility index (Phi) is 6.90. The monoisotopic (exact) mass is 403 g/mol. The van der Waals surface area contributed by atoms with Gasteiger partial charge in [0.05, 0.1) is 12.2 Å². The standard InChI is InChI=1S/C25H38FNO2/c1-6-18(7-2)15-25(5,8-3)16-29-23-14-22(26)21(13-20(23)19-9-10-19)24(28)27-12-11-17(27)4/h13-14,17-19H,6-12,15-16H2,1-5H3. The van der Waals surface area contributed by atoms with Crippen molar-refractivity contribution in [2.45, 2.75) is 91.5 Å². The van der Waals surface area contributed by atoms with E-state index in [0.29, 0.717) is 24.2 Å². The molecular weight excluding hydrogens is 365 g/mol. The number of halogens is 1. The first-order chi connectivity index (χ1) is 13.8. The summed E-state index contributed by atoms with van der Waals surface area (Å²) < 4.78 is 21.2. The van der Waals surface area contributed by atoms with Crippen molar-refractivity contribution in [3.8, 4) is 5.75 Å². The molecule has 1 saturated carbocycles. The van der Waals surface area contributed by atoms with Gasteiger partial charge in [-0.05, 0) is 62.5 Å². The van der Waals surface area contributed by atoms with Crippen LogP contribution in [0.25, 0.3) is 0 Å². The molecule has 1 saturated heterocycles. The lowest BCUT2D eigenvalue weighted by Crippen LogP contribution is -2.49. The molecule has 0 N–H and O–H groups in total. The quantitative estimate of drug-likeness (QED) is 0.443. The highest BCUT2D eigenvalue weighted by molar-refractivity contribution is 5.95. The highest BCUT2D eigenvalue weighted by atomic mass is 19.1. The molecule has 0 spiro atoms. The average molecular weight is 404 g/mol. The van der Waals surface area contributed by atoms with E-state index in [4.69, 9.17) is 4.74 Å². The van der Waals surface area contributed by atoms with E-state index in [0.717, 1.165) is 44.2 Å². The number of ether oxygens (including phenoxy) is 1. The molecule has 1 amide bonds. The van der Waals surface area contributed by atoms with Crippen LogP contribution in [0.3, 0.4) is 0 Å². The first kappa shape index (κ1) is 22.1. The number of rotatable bonds is 10. The zero-order valence-electron chi connectivity index (χ0n) is 18.9. The van der Waals surface area contributed by atoms with E-state index < -0.39 is 5.82 Å². The summed E-state index contributed by atoms with van der Waals surface area (Å²) in [4.78, 5) is 14.5. The van der Waals surface area contributed by atoms with Crippen molar-refractivity contribution < 1.29 is 13.9 Å². The van der Waals surface area contributed by atoms with Crippen LogP contribution in [0.4, 0.5) is 4.39 Å². The smallest absolute Gasteiger partial charge is 0.257 e. The summed E-state index contributed by atoms with van der Waals surface area (Å²) in [6, 6.07) is 3.45. The van der Waals surface area contributed by atoms with Gasteiger partial charge in [0.25, 0.3) is 5.91 Å². The van der Waals surface area contributed by atoms with Gasteiger partial charge < -0.3 is 9.64 Å². The Balaban J connectivity index is 1.78. The van der Waals surface area contributed by atoms with Gasteiger partial charge in [-0.15, -0.1) is 0 Å². The van der Waals surface area contributed by atoms with E-state index in [1.165, 1.54) is 18.9 Å². The van der Waals surface area contributed by atoms with Crippen LogP contribution in [0.2, 0.25) is 0 Å². The number of likely N-dealkylation sites (tertiary alicyclic amines) is 1. The third-order valence-electron chi connectivity index (χ3n) is 7.29. The Morgan fingerprint density at radius 3 is 2.41 bits per heavy atom. The van der Waals surface area contributed by atoms with Crippen LogP contribution >= 0.6 is 0 Å². The van der Waals surface area contributed by atoms with Crippen molar-refractivity contribution in [2.75, 3.05) is 13.2 Å². The molecule has 1 aromatic rings. The molecule has 2 atom stereocenters. The van der Waals surface area contributed by atoms with Gasteiger partial charge in [0, 0.05) is 24.1 Å². The van der Waals surface area contributed by atoms with Crippen LogP contribution in [0.5, 0.6) is 5.75 Å². The van der Waals surface area contributed by atoms with Gasteiger partial charge in [0.1, 0.15) is 11.6 Å². The minimum absolute atomic E-state index is 0.0789. The van der Waals surface area contributed by atoms with E-state index in [2.05, 4.69) is 27.7 Å². The Hall–Kier alpha value is -1.58. The molecule has 2 unspecified atom stereocenters. The molecule has 29 heavy (non-hydrogen) atoms. The highest BCUT2D eigenvalue weighted by Gasteiger charge is 2.34. The molecule has 2 fully saturated rings. The molecule has 2 aliphatic rings. The molecule has 0 bridgehead atoms. The summed E-state index contributed by atoms with van der Waals surface area (Å²) in [5, 5.41) is 0. The number of hydrogen-bond donors (Lipinski definition) is 0. The molecule has 1 aliphatic heterocycles. The lowest BCUT2D eigenvalue weighted by Gasteiger charge is -2.38. The molecule has 3 rings (SSSR count). The van der Waals surface area contributed by atoms with Gasteiger partial charge in [-0.25, -0.2) is 4.39 Å². The number of hydrogen-bond acceptors (Lipinski definition) is 2. The molecular formula is C25H38FNO2. The van der Waals surface area contributed by atoms with Gasteiger partial charge in [-0.1, -0.05) is 40.5 Å². The Morgan fingerprint density at radius 2 is 1.93 bits per heavy atom. The van der Waals surface area contributed by atoms with E-state index >= 15 is 0 Å². The number of carbonyl (C=O) groups excluding carboxylic acids is 1. The second-order valence-corrected chi connectivity index (χ2v) is 9.62. The Morgan fingerprint density at radius 1 is 1.24 bits per heavy atom. The first-order valence-electron chi connectivity index (χ1n) is 11.6. The van der Waals surface area contributed by atoms with E-state index in [1.807, 2.05) is 6.92 Å². The lowest BCUT2D eigenvalue weighted by molar-refractivity contribution is 0.0497. The predicted octanol–water partition coefficient (Wildman–Crippen LogP) is 6.56. The molecule has 1 aromatic carbocycles. The van der Waals surface area contributed by atoms with Crippen LogP contribution < -0.4 is 4.74 Å². The van der Waals surface area contributed by atoms with E-state index in [9.17, 15) is 9.18 Å². The van der Waals surface area contributed by atoms with Crippen LogP contribution in [0, 0.1) is 17.2 Å². The number of benzene rings is 1. The number of amides is 1. The molecule has 0 radical (unpaired) electrons. The van der Waals surface area contributed by atoms with E-state index in [1.54, 1.807) is 11.0 Å². The maximum Gasteiger partial charge on any atom is 0.257 e. The molecule has 162 valence electrons. The Bertz CT molecular complexity index is 726. The largest absolute Gasteiger partial charge is 0.493 e. The molecule has 0 aromatic heterocycles. The zero-order chi connectivity index (χ0) is 21.2. The van der Waals surface area contributed by atoms with Crippen molar-refractivity contribution in [1.82, 2.24) is 4.90 Å². The first-order valence-corrected chi connectivity index (χ1v) is 11.6. The summed E-state index contributed by atoms with van der Waals surface area (Å²) in [7, 11) is 0. The summed E-state index contributed by atoms with van der Waals surface area (Å²) in [6.45, 7) is 12.3. The van der Waals surface area contributed by atoms with Crippen LogP contribution in [-0.2, 0) is 0 Å². The normalized spacial score (nSPS) is 21.1. The van der Waals surface area contributed by atoms with Gasteiger partial charge in [-0.3, -0.25) is 4.79 Å². The predicted molar refractivity (Wildman–Crippen MR) is 116 cm³/mol. The third kappa shape index (κ3) is 4.95. The summed E-state index contributed by atoms with van der Waals surface area (Å²) in [5.74, 6) is 1.11. The Labute approximate surface area is 176 Å². The molecule has 1 heterocycles. The summed E-state index contributed by atoms with van der Waals surface area (Å²) >= 11 is 0. The minimum Gasteiger partial charge on any atom is -0.493 e. The minimum atomic E-state index is -0.452. The zero-order valence-corrected chi connectivity index (χ0v) is 18.9. The highest BCUT2D eigenvalue weighted by Crippen LogP contribution is 2.46. The second-order valence-electron chi connectivity index (χ2n) is 9.62. The SMILES string of the molecule is CCC(CC)CC(C)(CC)COc1cc(F)c(C(=O)N2CCC2C)cc1C1CC1. The van der Waals surface area contributed by atoms with Gasteiger partial charge in [-0.2, -0.15) is 0 Å². The third-order valence-corrected chi connectivity index (χ3v) is 7.29. The van der Waals surface area contributed by atoms with Crippen molar-refractivity contribution in [2.24, 2.45) is 11.3 Å².